The molecule has 6 heteroatoms. The van der Waals surface area contributed by atoms with Crippen LogP contribution in [0.15, 0.2) is 24.3 Å². The highest BCUT2D eigenvalue weighted by Gasteiger charge is 2.56. The van der Waals surface area contributed by atoms with E-state index in [4.69, 9.17) is 10.5 Å². The molecule has 1 fully saturated rings. The zero-order chi connectivity index (χ0) is 14.3. The highest BCUT2D eigenvalue weighted by atomic mass is 19.3. The summed E-state index contributed by atoms with van der Waals surface area (Å²) in [6, 6.07) is 5.68. The fourth-order valence-corrected chi connectivity index (χ4v) is 2.60. The van der Waals surface area contributed by atoms with Crippen molar-refractivity contribution < 1.29 is 23.0 Å². The Hall–Kier alpha value is -1.11. The molecule has 1 aliphatic heterocycles. The molecule has 0 amide bonds. The van der Waals surface area contributed by atoms with E-state index >= 15 is 0 Å². The standard InChI is InChI=1S/C13H16F3NO2/c1-12(15,16)11-9(6-18)13(17,7-19-11)8-4-2-3-5-10(8)14/h2-5,9,11,18H,6-7,17H2,1H3/t9-,11+,13-/m1/s1. The first kappa shape index (κ1) is 14.3. The molecule has 1 aromatic carbocycles. The van der Waals surface area contributed by atoms with Crippen molar-refractivity contribution in [3.63, 3.8) is 0 Å². The number of ether oxygens (including phenoxy) is 1. The van der Waals surface area contributed by atoms with Gasteiger partial charge in [0, 0.05) is 18.4 Å². The lowest BCUT2D eigenvalue weighted by Gasteiger charge is -2.32. The Bertz CT molecular complexity index is 463. The van der Waals surface area contributed by atoms with Crippen molar-refractivity contribution in [2.24, 2.45) is 11.7 Å². The number of hydrogen-bond acceptors (Lipinski definition) is 3. The van der Waals surface area contributed by atoms with Gasteiger partial charge in [-0.05, 0) is 6.07 Å². The van der Waals surface area contributed by atoms with Crippen molar-refractivity contribution in [2.45, 2.75) is 24.5 Å². The molecule has 0 aliphatic carbocycles. The first-order valence-corrected chi connectivity index (χ1v) is 5.95. The van der Waals surface area contributed by atoms with Gasteiger partial charge in [-0.1, -0.05) is 18.2 Å². The van der Waals surface area contributed by atoms with Gasteiger partial charge in [-0.3, -0.25) is 0 Å². The molecule has 0 bridgehead atoms. The average Bonchev–Trinajstić information content (AvgIpc) is 2.67. The average molecular weight is 275 g/mol. The van der Waals surface area contributed by atoms with Crippen molar-refractivity contribution in [3.8, 4) is 0 Å². The van der Waals surface area contributed by atoms with Gasteiger partial charge in [0.1, 0.15) is 11.9 Å². The predicted octanol–water partition coefficient (Wildman–Crippen LogP) is 1.64. The minimum absolute atomic E-state index is 0.0841. The van der Waals surface area contributed by atoms with E-state index < -0.39 is 35.9 Å². The maximum absolute atomic E-state index is 13.8. The molecule has 0 saturated carbocycles. The number of rotatable bonds is 3. The van der Waals surface area contributed by atoms with Gasteiger partial charge in [-0.15, -0.1) is 0 Å². The Morgan fingerprint density at radius 2 is 2.11 bits per heavy atom. The van der Waals surface area contributed by atoms with E-state index in [-0.39, 0.29) is 12.2 Å². The summed E-state index contributed by atoms with van der Waals surface area (Å²) in [5.74, 6) is -4.81. The Labute approximate surface area is 109 Å². The van der Waals surface area contributed by atoms with Crippen LogP contribution in [0.25, 0.3) is 0 Å². The van der Waals surface area contributed by atoms with Gasteiger partial charge in [-0.25, -0.2) is 13.2 Å². The summed E-state index contributed by atoms with van der Waals surface area (Å²) in [4.78, 5) is 0. The fourth-order valence-electron chi connectivity index (χ4n) is 2.60. The van der Waals surface area contributed by atoms with Gasteiger partial charge in [0.05, 0.1) is 18.8 Å². The highest BCUT2D eigenvalue weighted by Crippen LogP contribution is 2.43. The quantitative estimate of drug-likeness (QED) is 0.881. The van der Waals surface area contributed by atoms with Crippen molar-refractivity contribution in [3.05, 3.63) is 35.6 Å². The lowest BCUT2D eigenvalue weighted by atomic mass is 9.77. The van der Waals surface area contributed by atoms with Crippen molar-refractivity contribution in [1.82, 2.24) is 0 Å². The van der Waals surface area contributed by atoms with E-state index in [0.717, 1.165) is 0 Å². The van der Waals surface area contributed by atoms with Gasteiger partial charge in [0.2, 0.25) is 0 Å². The molecular weight excluding hydrogens is 259 g/mol. The molecule has 106 valence electrons. The van der Waals surface area contributed by atoms with Gasteiger partial charge in [0.15, 0.2) is 0 Å². The number of halogens is 3. The predicted molar refractivity (Wildman–Crippen MR) is 63.2 cm³/mol. The van der Waals surface area contributed by atoms with Crippen molar-refractivity contribution in [1.29, 1.82) is 0 Å². The molecule has 3 atom stereocenters. The monoisotopic (exact) mass is 275 g/mol. The zero-order valence-corrected chi connectivity index (χ0v) is 10.4. The van der Waals surface area contributed by atoms with E-state index in [1.807, 2.05) is 0 Å². The topological polar surface area (TPSA) is 55.5 Å². The Morgan fingerprint density at radius 3 is 2.63 bits per heavy atom. The zero-order valence-electron chi connectivity index (χ0n) is 10.4. The van der Waals surface area contributed by atoms with Crippen LogP contribution in [-0.2, 0) is 10.3 Å². The van der Waals surface area contributed by atoms with E-state index in [1.165, 1.54) is 18.2 Å². The van der Waals surface area contributed by atoms with Crippen LogP contribution in [0.1, 0.15) is 12.5 Å². The number of alkyl halides is 2. The Morgan fingerprint density at radius 1 is 1.47 bits per heavy atom. The van der Waals surface area contributed by atoms with Crippen LogP contribution < -0.4 is 5.73 Å². The van der Waals surface area contributed by atoms with Crippen LogP contribution >= 0.6 is 0 Å². The third kappa shape index (κ3) is 2.35. The normalized spacial score (nSPS) is 31.7. The molecular formula is C13H16F3NO2. The summed E-state index contributed by atoms with van der Waals surface area (Å²) in [5.41, 5.74) is 4.69. The van der Waals surface area contributed by atoms with Crippen molar-refractivity contribution >= 4 is 0 Å². The summed E-state index contributed by atoms with van der Waals surface area (Å²) >= 11 is 0. The maximum Gasteiger partial charge on any atom is 0.271 e. The molecule has 2 rings (SSSR count). The lowest BCUT2D eigenvalue weighted by molar-refractivity contribution is -0.121. The van der Waals surface area contributed by atoms with Crippen LogP contribution in [0.4, 0.5) is 13.2 Å². The number of hydrogen-bond donors (Lipinski definition) is 2. The number of nitrogens with two attached hydrogens (primary N) is 1. The first-order chi connectivity index (χ1) is 8.80. The number of benzene rings is 1. The van der Waals surface area contributed by atoms with Crippen molar-refractivity contribution in [2.75, 3.05) is 13.2 Å². The van der Waals surface area contributed by atoms with Crippen LogP contribution in [-0.4, -0.2) is 30.3 Å². The first-order valence-electron chi connectivity index (χ1n) is 5.95. The maximum atomic E-state index is 13.8. The summed E-state index contributed by atoms with van der Waals surface area (Å²) in [5, 5.41) is 9.37. The van der Waals surface area contributed by atoms with Crippen LogP contribution in [0.2, 0.25) is 0 Å². The van der Waals surface area contributed by atoms with E-state index in [9.17, 15) is 18.3 Å². The van der Waals surface area contributed by atoms with Gasteiger partial charge >= 0.3 is 0 Å². The highest BCUT2D eigenvalue weighted by molar-refractivity contribution is 5.29. The van der Waals surface area contributed by atoms with Crippen LogP contribution in [0.3, 0.4) is 0 Å². The molecule has 1 saturated heterocycles. The molecule has 0 unspecified atom stereocenters. The van der Waals surface area contributed by atoms with Crippen LogP contribution in [0, 0.1) is 11.7 Å². The Balaban J connectivity index is 2.42. The van der Waals surface area contributed by atoms with Gasteiger partial charge in [-0.2, -0.15) is 0 Å². The smallest absolute Gasteiger partial charge is 0.271 e. The fraction of sp³-hybridized carbons (Fsp3) is 0.538. The Kier molecular flexibility index (Phi) is 3.59. The largest absolute Gasteiger partial charge is 0.396 e. The van der Waals surface area contributed by atoms with E-state index in [0.29, 0.717) is 6.92 Å². The second kappa shape index (κ2) is 4.77. The molecule has 0 spiro atoms. The second-order valence-corrected chi connectivity index (χ2v) is 5.00. The van der Waals surface area contributed by atoms with Gasteiger partial charge in [0.25, 0.3) is 5.92 Å². The van der Waals surface area contributed by atoms with Gasteiger partial charge < -0.3 is 15.6 Å². The third-order valence-electron chi connectivity index (χ3n) is 3.60. The summed E-state index contributed by atoms with van der Waals surface area (Å²) < 4.78 is 45.7. The molecule has 3 N–H and O–H groups in total. The summed E-state index contributed by atoms with van der Waals surface area (Å²) in [6.45, 7) is -0.153. The number of aliphatic hydroxyl groups is 1. The minimum Gasteiger partial charge on any atom is -0.396 e. The lowest BCUT2D eigenvalue weighted by Crippen LogP contribution is -2.50. The third-order valence-corrected chi connectivity index (χ3v) is 3.60. The van der Waals surface area contributed by atoms with Crippen LogP contribution in [0.5, 0.6) is 0 Å². The molecule has 1 heterocycles. The summed E-state index contributed by atoms with van der Waals surface area (Å²) in [7, 11) is 0. The number of aliphatic hydroxyl groups excluding tert-OH is 1. The van der Waals surface area contributed by atoms with E-state index in [2.05, 4.69) is 0 Å². The van der Waals surface area contributed by atoms with E-state index in [1.54, 1.807) is 6.07 Å². The minimum atomic E-state index is -3.15. The molecule has 1 aliphatic rings. The summed E-state index contributed by atoms with van der Waals surface area (Å²) in [6.07, 6.45) is -1.53. The SMILES string of the molecule is CC(F)(F)[C@H]1OC[C@@](N)(c2ccccc2F)[C@@H]1CO. The molecule has 0 radical (unpaired) electrons. The second-order valence-electron chi connectivity index (χ2n) is 5.00. The molecule has 3 nitrogen and oxygen atoms in total. The molecule has 19 heavy (non-hydrogen) atoms. The molecule has 1 aromatic rings. The molecule has 0 aromatic heterocycles.